The number of carbonyl (C=O) groups excluding carboxylic acids is 1. The third-order valence-electron chi connectivity index (χ3n) is 6.83. The summed E-state index contributed by atoms with van der Waals surface area (Å²) in [6.07, 6.45) is 6.14. The van der Waals surface area contributed by atoms with Crippen molar-refractivity contribution in [1.29, 1.82) is 0 Å². The lowest BCUT2D eigenvalue weighted by atomic mass is 9.93. The van der Waals surface area contributed by atoms with Crippen LogP contribution in [0.25, 0.3) is 27.7 Å². The van der Waals surface area contributed by atoms with E-state index in [0.717, 1.165) is 52.0 Å². The number of fused-ring (bicyclic) bond motifs is 2. The summed E-state index contributed by atoms with van der Waals surface area (Å²) < 4.78 is 6.14. The van der Waals surface area contributed by atoms with Crippen molar-refractivity contribution in [2.75, 3.05) is 0 Å². The van der Waals surface area contributed by atoms with Gasteiger partial charge in [-0.3, -0.25) is 14.9 Å². The molecule has 1 amide bonds. The highest BCUT2D eigenvalue weighted by Crippen LogP contribution is 2.41. The molecule has 6 rings (SSSR count). The normalized spacial score (nSPS) is 17.3. The van der Waals surface area contributed by atoms with Crippen LogP contribution in [0.4, 0.5) is 0 Å². The number of hydrogen-bond acceptors (Lipinski definition) is 4. The zero-order valence-electron chi connectivity index (χ0n) is 20.1. The number of hydrogen-bond donors (Lipinski definition) is 2. The number of allylic oxidation sites excluding steroid dienone is 1. The van der Waals surface area contributed by atoms with Crippen molar-refractivity contribution in [3.8, 4) is 17.0 Å². The van der Waals surface area contributed by atoms with Crippen LogP contribution in [0.3, 0.4) is 0 Å². The van der Waals surface area contributed by atoms with Crippen LogP contribution in [0.15, 0.2) is 66.9 Å². The van der Waals surface area contributed by atoms with Crippen molar-refractivity contribution >= 4 is 22.4 Å². The van der Waals surface area contributed by atoms with Crippen LogP contribution in [-0.4, -0.2) is 26.7 Å². The van der Waals surface area contributed by atoms with Gasteiger partial charge in [0.25, 0.3) is 5.91 Å². The summed E-state index contributed by atoms with van der Waals surface area (Å²) in [5.41, 5.74) is 6.13. The Labute approximate surface area is 204 Å². The first-order valence-corrected chi connectivity index (χ1v) is 12.1. The maximum atomic E-state index is 13.3. The van der Waals surface area contributed by atoms with Crippen molar-refractivity contribution in [3.63, 3.8) is 0 Å². The van der Waals surface area contributed by atoms with Crippen LogP contribution in [0.2, 0.25) is 0 Å². The van der Waals surface area contributed by atoms with Crippen LogP contribution in [0, 0.1) is 5.92 Å². The third-order valence-corrected chi connectivity index (χ3v) is 6.83. The predicted molar refractivity (Wildman–Crippen MR) is 137 cm³/mol. The lowest BCUT2D eigenvalue weighted by molar-refractivity contribution is 0.0930. The minimum atomic E-state index is -0.326. The molecular weight excluding hydrogens is 436 g/mol. The first-order chi connectivity index (χ1) is 16.9. The number of benzene rings is 2. The molecule has 0 unspecified atom stereocenters. The maximum Gasteiger partial charge on any atom is 0.251 e. The van der Waals surface area contributed by atoms with Crippen LogP contribution in [-0.2, 0) is 0 Å². The highest BCUT2D eigenvalue weighted by Gasteiger charge is 2.34. The fraction of sp³-hybridized carbons (Fsp3) is 0.276. The van der Waals surface area contributed by atoms with E-state index in [4.69, 9.17) is 4.74 Å². The number of ether oxygens (including phenoxy) is 1. The molecule has 6 nitrogen and oxygen atoms in total. The topological polar surface area (TPSA) is 79.9 Å². The molecule has 3 heterocycles. The molecule has 2 aromatic carbocycles. The van der Waals surface area contributed by atoms with Gasteiger partial charge in [0.1, 0.15) is 11.4 Å². The van der Waals surface area contributed by atoms with E-state index in [0.29, 0.717) is 11.5 Å². The van der Waals surface area contributed by atoms with Crippen molar-refractivity contribution in [2.24, 2.45) is 5.92 Å². The summed E-state index contributed by atoms with van der Waals surface area (Å²) in [5.74, 6) is 1.22. The van der Waals surface area contributed by atoms with Gasteiger partial charge < -0.3 is 10.1 Å². The summed E-state index contributed by atoms with van der Waals surface area (Å²) in [5, 5.41) is 11.8. The number of H-pyrrole nitrogens is 1. The van der Waals surface area contributed by atoms with Crippen LogP contribution in [0.1, 0.15) is 61.3 Å². The van der Waals surface area contributed by atoms with Crippen LogP contribution < -0.4 is 10.1 Å². The van der Waals surface area contributed by atoms with E-state index >= 15 is 0 Å². The van der Waals surface area contributed by atoms with E-state index in [1.54, 1.807) is 6.20 Å². The second-order valence-corrected chi connectivity index (χ2v) is 10.1. The molecule has 0 radical (unpaired) electrons. The fourth-order valence-electron chi connectivity index (χ4n) is 5.01. The highest BCUT2D eigenvalue weighted by molar-refractivity contribution is 6.01. The Morgan fingerprint density at radius 1 is 1.14 bits per heavy atom. The number of aromatic amines is 1. The van der Waals surface area contributed by atoms with Gasteiger partial charge in [-0.15, -0.1) is 0 Å². The lowest BCUT2D eigenvalue weighted by Gasteiger charge is -2.30. The molecule has 176 valence electrons. The molecular formula is C29H28N4O2. The molecule has 1 saturated carbocycles. The Hall–Kier alpha value is -3.93. The SMILES string of the molecule is CC1=CC(C)(C)Oc2ccc(-c3n[nH]c4ccc(C(=O)N[C@H](c5ccccn5)C5CC5)cc34)cc21. The van der Waals surface area contributed by atoms with Crippen LogP contribution >= 0.6 is 0 Å². The molecule has 0 saturated heterocycles. The minimum Gasteiger partial charge on any atom is -0.483 e. The molecule has 1 aliphatic carbocycles. The van der Waals surface area contributed by atoms with Gasteiger partial charge in [-0.25, -0.2) is 0 Å². The Kier molecular flexibility index (Phi) is 4.99. The summed E-state index contributed by atoms with van der Waals surface area (Å²) >= 11 is 0. The van der Waals surface area contributed by atoms with Gasteiger partial charge in [0.15, 0.2) is 0 Å². The molecule has 0 spiro atoms. The quantitative estimate of drug-likeness (QED) is 0.375. The second kappa shape index (κ2) is 8.08. The summed E-state index contributed by atoms with van der Waals surface area (Å²) in [6.45, 7) is 6.22. The number of carbonyl (C=O) groups is 1. The zero-order valence-corrected chi connectivity index (χ0v) is 20.1. The number of rotatable bonds is 5. The monoisotopic (exact) mass is 464 g/mol. The Morgan fingerprint density at radius 2 is 2.00 bits per heavy atom. The van der Waals surface area contributed by atoms with E-state index in [1.807, 2.05) is 48.5 Å². The van der Waals surface area contributed by atoms with Gasteiger partial charge in [-0.1, -0.05) is 6.07 Å². The number of amides is 1. The summed E-state index contributed by atoms with van der Waals surface area (Å²) in [4.78, 5) is 17.8. The number of nitrogens with one attached hydrogen (secondary N) is 2. The minimum absolute atomic E-state index is 0.0668. The van der Waals surface area contributed by atoms with Gasteiger partial charge in [-0.2, -0.15) is 5.10 Å². The average molecular weight is 465 g/mol. The number of nitrogens with zero attached hydrogens (tertiary/aromatic N) is 2. The first kappa shape index (κ1) is 21.6. The molecule has 2 aliphatic rings. The van der Waals surface area contributed by atoms with E-state index in [-0.39, 0.29) is 17.6 Å². The maximum absolute atomic E-state index is 13.3. The third kappa shape index (κ3) is 4.09. The average Bonchev–Trinajstić information content (AvgIpc) is 3.60. The molecule has 6 heteroatoms. The van der Waals surface area contributed by atoms with E-state index in [2.05, 4.69) is 53.4 Å². The molecule has 35 heavy (non-hydrogen) atoms. The first-order valence-electron chi connectivity index (χ1n) is 12.1. The van der Waals surface area contributed by atoms with E-state index in [9.17, 15) is 4.79 Å². The van der Waals surface area contributed by atoms with Crippen molar-refractivity contribution in [3.05, 3.63) is 83.7 Å². The predicted octanol–water partition coefficient (Wildman–Crippen LogP) is 6.08. The molecule has 1 atom stereocenters. The van der Waals surface area contributed by atoms with Gasteiger partial charge >= 0.3 is 0 Å². The van der Waals surface area contributed by atoms with Crippen molar-refractivity contribution < 1.29 is 9.53 Å². The standard InChI is InChI=1S/C29H28N4O2/c1-17-16-29(2,3)35-25-12-10-19(14-21(17)25)26-22-15-20(9-11-23(22)32-33-26)28(34)31-27(18-7-8-18)24-6-4-5-13-30-24/h4-6,9-16,18,27H,7-8H2,1-3H3,(H,31,34)(H,32,33)/t27-/m0/s1. The largest absolute Gasteiger partial charge is 0.483 e. The number of aromatic nitrogens is 3. The van der Waals surface area contributed by atoms with E-state index in [1.165, 1.54) is 5.57 Å². The number of pyridine rings is 1. The molecule has 1 aliphatic heterocycles. The fourth-order valence-corrected chi connectivity index (χ4v) is 5.01. The van der Waals surface area contributed by atoms with Gasteiger partial charge in [0, 0.05) is 28.3 Å². The van der Waals surface area contributed by atoms with Gasteiger partial charge in [0.05, 0.1) is 22.9 Å². The van der Waals surface area contributed by atoms with Crippen molar-refractivity contribution in [2.45, 2.75) is 45.3 Å². The van der Waals surface area contributed by atoms with Crippen molar-refractivity contribution in [1.82, 2.24) is 20.5 Å². The Bertz CT molecular complexity index is 1460. The summed E-state index contributed by atoms with van der Waals surface area (Å²) in [7, 11) is 0. The Balaban J connectivity index is 1.33. The van der Waals surface area contributed by atoms with Crippen LogP contribution in [0.5, 0.6) is 5.75 Å². The zero-order chi connectivity index (χ0) is 24.2. The summed E-state index contributed by atoms with van der Waals surface area (Å²) in [6, 6.07) is 17.6. The molecule has 4 aromatic rings. The highest BCUT2D eigenvalue weighted by atomic mass is 16.5. The lowest BCUT2D eigenvalue weighted by Crippen LogP contribution is -2.30. The second-order valence-electron chi connectivity index (χ2n) is 10.1. The molecule has 2 aromatic heterocycles. The van der Waals surface area contributed by atoms with Gasteiger partial charge in [0.2, 0.25) is 0 Å². The molecule has 0 bridgehead atoms. The molecule has 1 fully saturated rings. The Morgan fingerprint density at radius 3 is 2.77 bits per heavy atom. The molecule has 2 N–H and O–H groups in total. The van der Waals surface area contributed by atoms with E-state index < -0.39 is 0 Å². The van der Waals surface area contributed by atoms with Gasteiger partial charge in [-0.05, 0) is 99.7 Å². The smallest absolute Gasteiger partial charge is 0.251 e.